The van der Waals surface area contributed by atoms with Crippen molar-refractivity contribution in [3.63, 3.8) is 0 Å². The van der Waals surface area contributed by atoms with Crippen molar-refractivity contribution in [3.05, 3.63) is 193 Å². The second-order valence-corrected chi connectivity index (χ2v) is 14.5. The van der Waals surface area contributed by atoms with Gasteiger partial charge in [0.25, 0.3) is 0 Å². The molecule has 262 valence electrons. The molecule has 0 amide bonds. The van der Waals surface area contributed by atoms with Crippen LogP contribution < -0.4 is 0 Å². The van der Waals surface area contributed by atoms with Crippen LogP contribution in [0.3, 0.4) is 0 Å². The second-order valence-electron chi connectivity index (χ2n) is 14.5. The fraction of sp³-hybridized carbons (Fsp3) is 0.0385. The van der Waals surface area contributed by atoms with E-state index in [1.807, 2.05) is 18.5 Å². The van der Waals surface area contributed by atoms with Gasteiger partial charge in [-0.05, 0) is 80.2 Å². The van der Waals surface area contributed by atoms with Crippen LogP contribution in [0.4, 0.5) is 0 Å². The first kappa shape index (κ1) is 32.2. The van der Waals surface area contributed by atoms with Crippen LogP contribution in [0.2, 0.25) is 0 Å². The lowest BCUT2D eigenvalue weighted by atomic mass is 9.90. The van der Waals surface area contributed by atoms with Gasteiger partial charge in [-0.25, -0.2) is 15.0 Å². The van der Waals surface area contributed by atoms with Gasteiger partial charge in [-0.2, -0.15) is 0 Å². The number of benzene rings is 7. The lowest BCUT2D eigenvalue weighted by molar-refractivity contribution is 1.01. The molecule has 0 atom stereocenters. The van der Waals surface area contributed by atoms with E-state index in [9.17, 15) is 0 Å². The van der Waals surface area contributed by atoms with Crippen LogP contribution in [0, 0.1) is 0 Å². The van der Waals surface area contributed by atoms with Crippen LogP contribution in [0.5, 0.6) is 0 Å². The molecule has 4 heteroatoms. The minimum Gasteiger partial charge on any atom is -0.254 e. The van der Waals surface area contributed by atoms with Crippen LogP contribution in [0.1, 0.15) is 23.1 Å². The number of aromatic nitrogens is 4. The van der Waals surface area contributed by atoms with E-state index in [0.717, 1.165) is 68.1 Å². The fourth-order valence-corrected chi connectivity index (χ4v) is 8.69. The average molecular weight is 715 g/mol. The summed E-state index contributed by atoms with van der Waals surface area (Å²) in [7, 11) is 0. The molecule has 0 saturated heterocycles. The van der Waals surface area contributed by atoms with Gasteiger partial charge < -0.3 is 0 Å². The molecule has 3 aromatic heterocycles. The number of allylic oxidation sites excluding steroid dienone is 3. The van der Waals surface area contributed by atoms with E-state index < -0.39 is 0 Å². The Hall–Kier alpha value is -7.30. The Bertz CT molecular complexity index is 3250. The highest BCUT2D eigenvalue weighted by Gasteiger charge is 2.19. The molecule has 0 radical (unpaired) electrons. The van der Waals surface area contributed by atoms with E-state index >= 15 is 0 Å². The van der Waals surface area contributed by atoms with Crippen LogP contribution in [-0.2, 0) is 6.42 Å². The Kier molecular flexibility index (Phi) is 7.59. The van der Waals surface area contributed by atoms with Crippen molar-refractivity contribution in [3.8, 4) is 34.0 Å². The van der Waals surface area contributed by atoms with E-state index in [2.05, 4.69) is 164 Å². The highest BCUT2D eigenvalue weighted by molar-refractivity contribution is 6.31. The molecule has 56 heavy (non-hydrogen) atoms. The van der Waals surface area contributed by atoms with Crippen molar-refractivity contribution in [1.82, 2.24) is 19.9 Å². The first-order valence-corrected chi connectivity index (χ1v) is 19.2. The van der Waals surface area contributed by atoms with E-state index in [4.69, 9.17) is 19.9 Å². The number of aryl methyl sites for hydroxylation is 1. The van der Waals surface area contributed by atoms with Gasteiger partial charge in [0, 0.05) is 45.1 Å². The summed E-state index contributed by atoms with van der Waals surface area (Å²) in [6, 6.07) is 53.6. The third-order valence-corrected chi connectivity index (χ3v) is 11.3. The average Bonchev–Trinajstić information content (AvgIpc) is 3.26. The van der Waals surface area contributed by atoms with Crippen molar-refractivity contribution < 1.29 is 0 Å². The smallest absolute Gasteiger partial charge is 0.159 e. The highest BCUT2D eigenvalue weighted by atomic mass is 14.9. The molecule has 0 saturated carbocycles. The van der Waals surface area contributed by atoms with Crippen LogP contribution in [0.25, 0.3) is 99.7 Å². The number of rotatable bonds is 4. The van der Waals surface area contributed by atoms with Gasteiger partial charge in [0.2, 0.25) is 0 Å². The van der Waals surface area contributed by atoms with Crippen molar-refractivity contribution >= 4 is 65.6 Å². The van der Waals surface area contributed by atoms with E-state index in [0.29, 0.717) is 5.82 Å². The van der Waals surface area contributed by atoms with Crippen LogP contribution >= 0.6 is 0 Å². The lowest BCUT2D eigenvalue weighted by Gasteiger charge is -2.16. The second kappa shape index (κ2) is 13.2. The largest absolute Gasteiger partial charge is 0.254 e. The monoisotopic (exact) mass is 714 g/mol. The van der Waals surface area contributed by atoms with E-state index in [1.165, 1.54) is 49.2 Å². The quantitative estimate of drug-likeness (QED) is 0.170. The molecule has 0 N–H and O–H groups in total. The summed E-state index contributed by atoms with van der Waals surface area (Å²) in [6.07, 6.45) is 12.4. The van der Waals surface area contributed by atoms with Gasteiger partial charge >= 0.3 is 0 Å². The van der Waals surface area contributed by atoms with Crippen LogP contribution in [0.15, 0.2) is 176 Å². The zero-order valence-electron chi connectivity index (χ0n) is 30.5. The third-order valence-electron chi connectivity index (χ3n) is 11.3. The summed E-state index contributed by atoms with van der Waals surface area (Å²) < 4.78 is 0. The lowest BCUT2D eigenvalue weighted by Crippen LogP contribution is -1.99. The SMILES string of the molecule is C1=Cc2ccc3ccnc(-c4ccnc(-c5cccc(-c6nc7c8ccccc8c8ccccc8c7c7ccccc67)c5)n4)c3c2CCC=C1c1ccccc1. The Morgan fingerprint density at radius 3 is 1.96 bits per heavy atom. The molecule has 0 bridgehead atoms. The van der Waals surface area contributed by atoms with Crippen molar-refractivity contribution in [1.29, 1.82) is 0 Å². The molecule has 4 nitrogen and oxygen atoms in total. The first-order chi connectivity index (χ1) is 27.8. The predicted molar refractivity (Wildman–Crippen MR) is 233 cm³/mol. The molecule has 3 heterocycles. The van der Waals surface area contributed by atoms with Gasteiger partial charge in [0.05, 0.1) is 22.6 Å². The number of hydrogen-bond donors (Lipinski definition) is 0. The molecular formula is C52H34N4. The van der Waals surface area contributed by atoms with E-state index in [1.54, 1.807) is 0 Å². The number of nitrogens with zero attached hydrogens (tertiary/aromatic N) is 4. The summed E-state index contributed by atoms with van der Waals surface area (Å²) in [5, 5.41) is 10.6. The standard InChI is InChI=1S/C52H34N4/c1-2-12-33(13-3-1)34-14-11-23-39-35(25-24-34)26-27-36-28-30-53-51(47(36)39)46-29-31-54-52(55-46)38-16-10-15-37(32-38)49-45-22-9-7-20-43(45)48-42-19-6-4-17-40(42)41-18-5-8-21-44(41)50(48)56-49/h1-10,12-22,24-32H,11,23H2. The maximum atomic E-state index is 5.50. The molecular weight excluding hydrogens is 681 g/mol. The molecule has 1 aliphatic rings. The van der Waals surface area contributed by atoms with Gasteiger partial charge in [0.1, 0.15) is 0 Å². The number of pyridine rings is 2. The first-order valence-electron chi connectivity index (χ1n) is 19.2. The minimum absolute atomic E-state index is 0.652. The molecule has 10 aromatic rings. The fourth-order valence-electron chi connectivity index (χ4n) is 8.69. The highest BCUT2D eigenvalue weighted by Crippen LogP contribution is 2.41. The van der Waals surface area contributed by atoms with E-state index in [-0.39, 0.29) is 0 Å². The predicted octanol–water partition coefficient (Wildman–Crippen LogP) is 13.1. The summed E-state index contributed by atoms with van der Waals surface area (Å²) in [6.45, 7) is 0. The Morgan fingerprint density at radius 2 is 1.12 bits per heavy atom. The summed E-state index contributed by atoms with van der Waals surface area (Å²) in [5.41, 5.74) is 10.6. The normalized spacial score (nSPS) is 12.9. The van der Waals surface area contributed by atoms with Gasteiger partial charge in [-0.15, -0.1) is 0 Å². The Labute approximate surface area is 324 Å². The summed E-state index contributed by atoms with van der Waals surface area (Å²) >= 11 is 0. The van der Waals surface area contributed by atoms with Gasteiger partial charge in [0.15, 0.2) is 5.82 Å². The zero-order chi connectivity index (χ0) is 37.0. The topological polar surface area (TPSA) is 51.6 Å². The minimum atomic E-state index is 0.652. The Balaban J connectivity index is 1.04. The Morgan fingerprint density at radius 1 is 0.446 bits per heavy atom. The molecule has 11 rings (SSSR count). The van der Waals surface area contributed by atoms with Gasteiger partial charge in [-0.3, -0.25) is 4.98 Å². The van der Waals surface area contributed by atoms with Crippen molar-refractivity contribution in [2.45, 2.75) is 12.8 Å². The molecule has 0 spiro atoms. The summed E-state index contributed by atoms with van der Waals surface area (Å²) in [4.78, 5) is 20.5. The van der Waals surface area contributed by atoms with Crippen LogP contribution in [-0.4, -0.2) is 19.9 Å². The van der Waals surface area contributed by atoms with Crippen molar-refractivity contribution in [2.75, 3.05) is 0 Å². The summed E-state index contributed by atoms with van der Waals surface area (Å²) in [5.74, 6) is 0.652. The number of hydrogen-bond acceptors (Lipinski definition) is 4. The van der Waals surface area contributed by atoms with Gasteiger partial charge in [-0.1, -0.05) is 152 Å². The molecule has 0 aliphatic heterocycles. The van der Waals surface area contributed by atoms with Crippen molar-refractivity contribution in [2.24, 2.45) is 0 Å². The third kappa shape index (κ3) is 5.30. The molecule has 1 aliphatic carbocycles. The maximum Gasteiger partial charge on any atom is 0.159 e. The molecule has 0 fully saturated rings. The maximum absolute atomic E-state index is 5.50. The molecule has 0 unspecified atom stereocenters. The zero-order valence-corrected chi connectivity index (χ0v) is 30.5. The number of fused-ring (bicyclic) bond motifs is 11. The molecule has 7 aromatic carbocycles.